The van der Waals surface area contributed by atoms with Gasteiger partial charge in [0.2, 0.25) is 0 Å². The molecule has 7 heteroatoms. The third kappa shape index (κ3) is 3.02. The molecular formula is C29H26N4O3. The number of rotatable bonds is 3. The molecule has 2 N–H and O–H groups in total. The van der Waals surface area contributed by atoms with Gasteiger partial charge in [0.05, 0.1) is 16.9 Å². The third-order valence-electron chi connectivity index (χ3n) is 7.62. The van der Waals surface area contributed by atoms with Crippen molar-refractivity contribution in [3.8, 4) is 0 Å². The maximum atomic E-state index is 14.0. The van der Waals surface area contributed by atoms with Crippen LogP contribution in [0, 0.1) is 13.8 Å². The summed E-state index contributed by atoms with van der Waals surface area (Å²) in [4.78, 5) is 47.2. The van der Waals surface area contributed by atoms with Gasteiger partial charge in [0, 0.05) is 23.1 Å². The standard InChI is InChI=1S/C29H26N4O3/c1-17-12-13-19(16-18(17)2)30-26(34)22-9-5-7-11-24(22)33-27(35)29(3)25-21(14-15-32(29)28(33)36)20-8-4-6-10-23(20)31-25/h4-13,16,31H,14-15H2,1-3H3,(H,30,34)/t29-/m0/s1. The Hall–Kier alpha value is -4.39. The van der Waals surface area contributed by atoms with Crippen molar-refractivity contribution in [1.29, 1.82) is 0 Å². The van der Waals surface area contributed by atoms with Crippen molar-refractivity contribution in [2.75, 3.05) is 16.8 Å². The van der Waals surface area contributed by atoms with Crippen molar-refractivity contribution < 1.29 is 14.4 Å². The Morgan fingerprint density at radius 2 is 1.72 bits per heavy atom. The summed E-state index contributed by atoms with van der Waals surface area (Å²) in [7, 11) is 0. The highest BCUT2D eigenvalue weighted by Gasteiger charge is 2.59. The van der Waals surface area contributed by atoms with Gasteiger partial charge in [0.1, 0.15) is 0 Å². The zero-order chi connectivity index (χ0) is 25.2. The highest BCUT2D eigenvalue weighted by Crippen LogP contribution is 2.45. The summed E-state index contributed by atoms with van der Waals surface area (Å²) in [6.45, 7) is 6.20. The number of imide groups is 1. The van der Waals surface area contributed by atoms with E-state index in [-0.39, 0.29) is 23.1 Å². The van der Waals surface area contributed by atoms with E-state index in [2.05, 4.69) is 10.3 Å². The molecule has 4 amide bonds. The SMILES string of the molecule is Cc1ccc(NC(=O)c2ccccc2N2C(=O)N3CCc4c([nH]c5ccccc45)[C@@]3(C)C2=O)cc1C. The topological polar surface area (TPSA) is 85.5 Å². The lowest BCUT2D eigenvalue weighted by Gasteiger charge is -2.35. The number of carbonyl (C=O) groups is 3. The summed E-state index contributed by atoms with van der Waals surface area (Å²) in [5.74, 6) is -0.748. The molecule has 7 nitrogen and oxygen atoms in total. The first-order chi connectivity index (χ1) is 17.3. The van der Waals surface area contributed by atoms with Gasteiger partial charge in [-0.2, -0.15) is 0 Å². The van der Waals surface area contributed by atoms with E-state index in [0.29, 0.717) is 18.7 Å². The van der Waals surface area contributed by atoms with Gasteiger partial charge in [0.25, 0.3) is 11.8 Å². The van der Waals surface area contributed by atoms with Gasteiger partial charge in [-0.25, -0.2) is 9.69 Å². The van der Waals surface area contributed by atoms with Gasteiger partial charge < -0.3 is 15.2 Å². The highest BCUT2D eigenvalue weighted by molar-refractivity contribution is 6.26. The van der Waals surface area contributed by atoms with Crippen LogP contribution in [-0.4, -0.2) is 34.3 Å². The average molecular weight is 479 g/mol. The summed E-state index contributed by atoms with van der Waals surface area (Å²) in [5, 5.41) is 3.99. The number of anilines is 2. The molecule has 4 aromatic rings. The number of H-pyrrole nitrogens is 1. The van der Waals surface area contributed by atoms with Gasteiger partial charge in [-0.15, -0.1) is 0 Å². The van der Waals surface area contributed by atoms with E-state index in [1.165, 1.54) is 0 Å². The molecule has 1 fully saturated rings. The van der Waals surface area contributed by atoms with Crippen molar-refractivity contribution in [3.63, 3.8) is 0 Å². The number of nitrogens with zero attached hydrogens (tertiary/aromatic N) is 2. The van der Waals surface area contributed by atoms with Crippen molar-refractivity contribution >= 4 is 40.1 Å². The Labute approximate surface area is 208 Å². The predicted molar refractivity (Wildman–Crippen MR) is 139 cm³/mol. The lowest BCUT2D eigenvalue weighted by Crippen LogP contribution is -2.49. The van der Waals surface area contributed by atoms with Crippen LogP contribution in [0.5, 0.6) is 0 Å². The van der Waals surface area contributed by atoms with Gasteiger partial charge >= 0.3 is 6.03 Å². The lowest BCUT2D eigenvalue weighted by atomic mass is 9.87. The number of nitrogens with one attached hydrogen (secondary N) is 2. The van der Waals surface area contributed by atoms with Crippen LogP contribution in [0.2, 0.25) is 0 Å². The van der Waals surface area contributed by atoms with Crippen molar-refractivity contribution in [3.05, 3.63) is 94.7 Å². The summed E-state index contributed by atoms with van der Waals surface area (Å²) >= 11 is 0. The van der Waals surface area contributed by atoms with Gasteiger partial charge in [-0.05, 0) is 74.2 Å². The first kappa shape index (κ1) is 22.1. The van der Waals surface area contributed by atoms with Gasteiger partial charge in [-0.3, -0.25) is 9.59 Å². The highest BCUT2D eigenvalue weighted by atomic mass is 16.2. The fraction of sp³-hybridized carbons (Fsp3) is 0.207. The van der Waals surface area contributed by atoms with E-state index in [1.807, 2.05) is 56.3 Å². The molecule has 0 spiro atoms. The second-order valence-corrected chi connectivity index (χ2v) is 9.69. The summed E-state index contributed by atoms with van der Waals surface area (Å²) in [6, 6.07) is 20.0. The van der Waals surface area contributed by atoms with E-state index >= 15 is 0 Å². The predicted octanol–water partition coefficient (Wildman–Crippen LogP) is 5.28. The summed E-state index contributed by atoms with van der Waals surface area (Å²) in [5.41, 5.74) is 4.96. The van der Waals surface area contributed by atoms with Crippen LogP contribution < -0.4 is 10.2 Å². The number of aromatic nitrogens is 1. The second-order valence-electron chi connectivity index (χ2n) is 9.69. The number of hydrogen-bond donors (Lipinski definition) is 2. The average Bonchev–Trinajstić information content (AvgIpc) is 3.35. The normalized spacial score (nSPS) is 19.0. The zero-order valence-corrected chi connectivity index (χ0v) is 20.4. The van der Waals surface area contributed by atoms with E-state index < -0.39 is 11.6 Å². The number of aromatic amines is 1. The number of urea groups is 1. The maximum Gasteiger partial charge on any atom is 0.332 e. The van der Waals surface area contributed by atoms with Crippen molar-refractivity contribution in [1.82, 2.24) is 9.88 Å². The van der Waals surface area contributed by atoms with Crippen LogP contribution in [0.25, 0.3) is 10.9 Å². The van der Waals surface area contributed by atoms with Crippen LogP contribution in [0.3, 0.4) is 0 Å². The molecule has 6 rings (SSSR count). The fourth-order valence-electron chi connectivity index (χ4n) is 5.48. The number of carbonyl (C=O) groups excluding carboxylic acids is 3. The molecule has 0 saturated carbocycles. The summed E-state index contributed by atoms with van der Waals surface area (Å²) in [6.07, 6.45) is 0.650. The number of fused-ring (bicyclic) bond motifs is 5. The van der Waals surface area contributed by atoms with E-state index in [9.17, 15) is 14.4 Å². The number of benzene rings is 3. The maximum absolute atomic E-state index is 14.0. The molecule has 1 aromatic heterocycles. The molecule has 1 atom stereocenters. The molecule has 3 heterocycles. The Kier molecular flexibility index (Phi) is 4.80. The second kappa shape index (κ2) is 7.81. The molecule has 36 heavy (non-hydrogen) atoms. The Balaban J connectivity index is 1.40. The quantitative estimate of drug-likeness (QED) is 0.393. The van der Waals surface area contributed by atoms with Crippen LogP contribution in [0.15, 0.2) is 66.7 Å². The van der Waals surface area contributed by atoms with Crippen LogP contribution >= 0.6 is 0 Å². The van der Waals surface area contributed by atoms with Crippen LogP contribution in [0.1, 0.15) is 39.7 Å². The number of aryl methyl sites for hydroxylation is 2. The lowest BCUT2D eigenvalue weighted by molar-refractivity contribution is -0.125. The van der Waals surface area contributed by atoms with Gasteiger partial charge in [0.15, 0.2) is 5.54 Å². The number of para-hydroxylation sites is 2. The monoisotopic (exact) mass is 478 g/mol. The first-order valence-electron chi connectivity index (χ1n) is 12.0. The molecule has 0 radical (unpaired) electrons. The zero-order valence-electron chi connectivity index (χ0n) is 20.4. The largest absolute Gasteiger partial charge is 0.356 e. The molecule has 0 aliphatic carbocycles. The van der Waals surface area contributed by atoms with Crippen LogP contribution in [0.4, 0.5) is 16.2 Å². The number of hydrogen-bond acceptors (Lipinski definition) is 3. The molecule has 1 saturated heterocycles. The first-order valence-corrected chi connectivity index (χ1v) is 12.0. The molecule has 0 unspecified atom stereocenters. The van der Waals surface area contributed by atoms with E-state index in [1.54, 1.807) is 36.1 Å². The van der Waals surface area contributed by atoms with E-state index in [0.717, 1.165) is 38.2 Å². The minimum absolute atomic E-state index is 0.262. The minimum Gasteiger partial charge on any atom is -0.356 e. The van der Waals surface area contributed by atoms with Gasteiger partial charge in [-0.1, -0.05) is 36.4 Å². The minimum atomic E-state index is -1.18. The molecule has 180 valence electrons. The Morgan fingerprint density at radius 1 is 0.972 bits per heavy atom. The van der Waals surface area contributed by atoms with Crippen LogP contribution in [-0.2, 0) is 16.8 Å². The van der Waals surface area contributed by atoms with Crippen molar-refractivity contribution in [2.45, 2.75) is 32.7 Å². The molecule has 2 aliphatic heterocycles. The smallest absolute Gasteiger partial charge is 0.332 e. The van der Waals surface area contributed by atoms with E-state index in [4.69, 9.17) is 0 Å². The summed E-state index contributed by atoms with van der Waals surface area (Å²) < 4.78 is 0. The third-order valence-corrected chi connectivity index (χ3v) is 7.62. The number of amides is 4. The molecule has 2 aliphatic rings. The molecule has 3 aromatic carbocycles. The molecular weight excluding hydrogens is 452 g/mol. The Morgan fingerprint density at radius 3 is 2.53 bits per heavy atom. The Bertz CT molecular complexity index is 1590. The fourth-order valence-corrected chi connectivity index (χ4v) is 5.48. The molecule has 0 bridgehead atoms. The van der Waals surface area contributed by atoms with Crippen molar-refractivity contribution in [2.24, 2.45) is 0 Å².